The lowest BCUT2D eigenvalue weighted by molar-refractivity contribution is 0.570. The molecule has 1 rings (SSSR count). The standard InChI is InChI=1S/C9H10OS/c1-6-4-3-5-8(7(6)2)9(10)11/h3-5H,1-2H3,(H,10,11). The summed E-state index contributed by atoms with van der Waals surface area (Å²) in [6, 6.07) is 5.71. The Bertz CT molecular complexity index is 292. The van der Waals surface area contributed by atoms with Crippen LogP contribution in [0, 0.1) is 13.8 Å². The number of aryl methyl sites for hydroxylation is 1. The third kappa shape index (κ3) is 1.57. The lowest BCUT2D eigenvalue weighted by atomic mass is 10.0. The molecule has 0 aliphatic carbocycles. The Hall–Kier alpha value is -0.890. The molecule has 0 unspecified atom stereocenters. The molecule has 1 N–H and O–H groups in total. The van der Waals surface area contributed by atoms with E-state index in [-0.39, 0.29) is 5.05 Å². The molecule has 0 fully saturated rings. The van der Waals surface area contributed by atoms with E-state index in [0.29, 0.717) is 0 Å². The SMILES string of the molecule is Cc1cccc(C(O)=S)c1C. The summed E-state index contributed by atoms with van der Waals surface area (Å²) in [6.07, 6.45) is 0. The molecular formula is C9H10OS. The number of benzene rings is 1. The second-order valence-corrected chi connectivity index (χ2v) is 2.94. The smallest absolute Gasteiger partial charge is 0.188 e. The molecule has 1 aromatic carbocycles. The van der Waals surface area contributed by atoms with Crippen LogP contribution in [0.5, 0.6) is 0 Å². The molecule has 0 atom stereocenters. The van der Waals surface area contributed by atoms with Gasteiger partial charge in [0.15, 0.2) is 5.05 Å². The molecule has 0 aromatic heterocycles. The van der Waals surface area contributed by atoms with Crippen LogP contribution in [-0.2, 0) is 0 Å². The van der Waals surface area contributed by atoms with Gasteiger partial charge in [-0.25, -0.2) is 0 Å². The van der Waals surface area contributed by atoms with E-state index < -0.39 is 0 Å². The zero-order valence-corrected chi connectivity index (χ0v) is 7.40. The molecule has 58 valence electrons. The largest absolute Gasteiger partial charge is 0.499 e. The van der Waals surface area contributed by atoms with Gasteiger partial charge < -0.3 is 5.11 Å². The molecule has 1 nitrogen and oxygen atoms in total. The minimum Gasteiger partial charge on any atom is -0.499 e. The van der Waals surface area contributed by atoms with E-state index in [2.05, 4.69) is 12.2 Å². The number of rotatable bonds is 1. The number of aliphatic hydroxyl groups is 1. The van der Waals surface area contributed by atoms with Crippen molar-refractivity contribution in [3.05, 3.63) is 34.9 Å². The maximum Gasteiger partial charge on any atom is 0.188 e. The fourth-order valence-electron chi connectivity index (χ4n) is 0.983. The zero-order valence-electron chi connectivity index (χ0n) is 6.59. The van der Waals surface area contributed by atoms with E-state index in [1.54, 1.807) is 0 Å². The first-order chi connectivity index (χ1) is 5.13. The quantitative estimate of drug-likeness (QED) is 0.647. The first kappa shape index (κ1) is 8.21. The molecule has 11 heavy (non-hydrogen) atoms. The van der Waals surface area contributed by atoms with Gasteiger partial charge in [-0.3, -0.25) is 0 Å². The van der Waals surface area contributed by atoms with Gasteiger partial charge in [-0.2, -0.15) is 0 Å². The lowest BCUT2D eigenvalue weighted by Crippen LogP contribution is -1.98. The van der Waals surface area contributed by atoms with Gasteiger partial charge >= 0.3 is 0 Å². The van der Waals surface area contributed by atoms with Crippen molar-refractivity contribution in [1.82, 2.24) is 0 Å². The molecule has 2 heteroatoms. The minimum absolute atomic E-state index is 0.0220. The topological polar surface area (TPSA) is 20.2 Å². The summed E-state index contributed by atoms with van der Waals surface area (Å²) in [5, 5.41) is 9.04. The molecular weight excluding hydrogens is 156 g/mol. The highest BCUT2D eigenvalue weighted by Crippen LogP contribution is 2.12. The van der Waals surface area contributed by atoms with Crippen LogP contribution < -0.4 is 0 Å². The Labute approximate surface area is 71.7 Å². The molecule has 0 spiro atoms. The fraction of sp³-hybridized carbons (Fsp3) is 0.222. The second kappa shape index (κ2) is 3.01. The van der Waals surface area contributed by atoms with Crippen LogP contribution in [0.1, 0.15) is 16.7 Å². The van der Waals surface area contributed by atoms with Crippen molar-refractivity contribution >= 4 is 17.3 Å². The predicted molar refractivity (Wildman–Crippen MR) is 50.2 cm³/mol. The van der Waals surface area contributed by atoms with E-state index in [4.69, 9.17) is 5.11 Å². The highest BCUT2D eigenvalue weighted by Gasteiger charge is 2.02. The lowest BCUT2D eigenvalue weighted by Gasteiger charge is -2.04. The normalized spacial score (nSPS) is 9.64. The third-order valence-corrected chi connectivity index (χ3v) is 2.05. The molecule has 0 radical (unpaired) electrons. The third-order valence-electron chi connectivity index (χ3n) is 1.84. The minimum atomic E-state index is -0.0220. The van der Waals surface area contributed by atoms with Crippen molar-refractivity contribution in [2.45, 2.75) is 13.8 Å². The van der Waals surface area contributed by atoms with Gasteiger partial charge in [0, 0.05) is 5.56 Å². The average Bonchev–Trinajstić information content (AvgIpc) is 1.94. The van der Waals surface area contributed by atoms with Gasteiger partial charge in [0.25, 0.3) is 0 Å². The van der Waals surface area contributed by atoms with E-state index >= 15 is 0 Å². The summed E-state index contributed by atoms with van der Waals surface area (Å²) in [6.45, 7) is 3.95. The fourth-order valence-corrected chi connectivity index (χ4v) is 1.20. The van der Waals surface area contributed by atoms with Gasteiger partial charge in [-0.05, 0) is 37.2 Å². The Morgan fingerprint density at radius 1 is 1.36 bits per heavy atom. The van der Waals surface area contributed by atoms with Crippen LogP contribution in [0.25, 0.3) is 0 Å². The van der Waals surface area contributed by atoms with Crippen molar-refractivity contribution in [3.63, 3.8) is 0 Å². The van der Waals surface area contributed by atoms with Crippen molar-refractivity contribution < 1.29 is 5.11 Å². The molecule has 0 saturated carbocycles. The molecule has 0 bridgehead atoms. The van der Waals surface area contributed by atoms with Crippen LogP contribution >= 0.6 is 12.2 Å². The van der Waals surface area contributed by atoms with Gasteiger partial charge in [-0.15, -0.1) is 0 Å². The summed E-state index contributed by atoms with van der Waals surface area (Å²) in [4.78, 5) is 0. The summed E-state index contributed by atoms with van der Waals surface area (Å²) in [7, 11) is 0. The Morgan fingerprint density at radius 2 is 2.00 bits per heavy atom. The Morgan fingerprint density at radius 3 is 2.45 bits per heavy atom. The number of thiocarbonyl (C=S) groups is 1. The second-order valence-electron chi connectivity index (χ2n) is 2.55. The summed E-state index contributed by atoms with van der Waals surface area (Å²) in [5.41, 5.74) is 2.97. The van der Waals surface area contributed by atoms with Crippen LogP contribution in [0.15, 0.2) is 18.2 Å². The maximum atomic E-state index is 9.06. The number of aliphatic hydroxyl groups excluding tert-OH is 1. The van der Waals surface area contributed by atoms with Gasteiger partial charge in [0.1, 0.15) is 0 Å². The highest BCUT2D eigenvalue weighted by molar-refractivity contribution is 7.80. The van der Waals surface area contributed by atoms with Gasteiger partial charge in [-0.1, -0.05) is 18.2 Å². The van der Waals surface area contributed by atoms with Crippen molar-refractivity contribution in [3.8, 4) is 0 Å². The Kier molecular flexibility index (Phi) is 2.25. The monoisotopic (exact) mass is 166 g/mol. The first-order valence-corrected chi connectivity index (χ1v) is 3.83. The van der Waals surface area contributed by atoms with Gasteiger partial charge in [0.2, 0.25) is 0 Å². The Balaban J connectivity index is 3.27. The van der Waals surface area contributed by atoms with Gasteiger partial charge in [0.05, 0.1) is 0 Å². The van der Waals surface area contributed by atoms with Crippen LogP contribution in [-0.4, -0.2) is 10.2 Å². The molecule has 0 aliphatic rings. The van der Waals surface area contributed by atoms with E-state index in [1.807, 2.05) is 32.0 Å². The number of hydrogen-bond donors (Lipinski definition) is 1. The first-order valence-electron chi connectivity index (χ1n) is 3.42. The summed E-state index contributed by atoms with van der Waals surface area (Å²) < 4.78 is 0. The summed E-state index contributed by atoms with van der Waals surface area (Å²) >= 11 is 4.66. The van der Waals surface area contributed by atoms with Crippen molar-refractivity contribution in [1.29, 1.82) is 0 Å². The molecule has 0 heterocycles. The van der Waals surface area contributed by atoms with Crippen molar-refractivity contribution in [2.75, 3.05) is 0 Å². The van der Waals surface area contributed by atoms with Crippen LogP contribution in [0.4, 0.5) is 0 Å². The maximum absolute atomic E-state index is 9.06. The predicted octanol–water partition coefficient (Wildman–Crippen LogP) is 2.54. The van der Waals surface area contributed by atoms with Crippen LogP contribution in [0.2, 0.25) is 0 Å². The van der Waals surface area contributed by atoms with Crippen molar-refractivity contribution in [2.24, 2.45) is 0 Å². The van der Waals surface area contributed by atoms with E-state index in [0.717, 1.165) is 16.7 Å². The van der Waals surface area contributed by atoms with E-state index in [1.165, 1.54) is 0 Å². The summed E-state index contributed by atoms with van der Waals surface area (Å²) in [5.74, 6) is 0. The highest BCUT2D eigenvalue weighted by atomic mass is 32.1. The zero-order chi connectivity index (χ0) is 8.43. The molecule has 0 saturated heterocycles. The molecule has 1 aromatic rings. The van der Waals surface area contributed by atoms with E-state index in [9.17, 15) is 0 Å². The molecule has 0 amide bonds. The average molecular weight is 166 g/mol. The van der Waals surface area contributed by atoms with Crippen LogP contribution in [0.3, 0.4) is 0 Å². The molecule has 0 aliphatic heterocycles. The number of hydrogen-bond acceptors (Lipinski definition) is 1.